The van der Waals surface area contributed by atoms with Crippen LogP contribution in [-0.4, -0.2) is 29.8 Å². The summed E-state index contributed by atoms with van der Waals surface area (Å²) in [6.45, 7) is 3.33. The first-order chi connectivity index (χ1) is 10.4. The van der Waals surface area contributed by atoms with Gasteiger partial charge in [-0.25, -0.2) is 0 Å². The van der Waals surface area contributed by atoms with Gasteiger partial charge in [0.15, 0.2) is 0 Å². The summed E-state index contributed by atoms with van der Waals surface area (Å²) in [5, 5.41) is 4.71. The normalized spacial score (nSPS) is 11.3. The zero-order chi connectivity index (χ0) is 14.5. The molecule has 110 valence electrons. The summed E-state index contributed by atoms with van der Waals surface area (Å²) in [4.78, 5) is 5.43. The van der Waals surface area contributed by atoms with Crippen LogP contribution in [-0.2, 0) is 17.8 Å². The fourth-order valence-corrected chi connectivity index (χ4v) is 3.09. The van der Waals surface area contributed by atoms with E-state index in [1.54, 1.807) is 18.4 Å². The largest absolute Gasteiger partial charge is 0.383 e. The summed E-state index contributed by atoms with van der Waals surface area (Å²) in [6, 6.07) is 8.64. The molecule has 0 radical (unpaired) electrons. The van der Waals surface area contributed by atoms with Gasteiger partial charge in [-0.3, -0.25) is 4.98 Å². The van der Waals surface area contributed by atoms with Crippen molar-refractivity contribution >= 4 is 22.2 Å². The number of hydrogen-bond donors (Lipinski definition) is 1. The Kier molecular flexibility index (Phi) is 4.65. The van der Waals surface area contributed by atoms with Crippen molar-refractivity contribution < 1.29 is 4.74 Å². The number of hydrogen-bond acceptors (Lipinski definition) is 4. The third kappa shape index (κ3) is 3.32. The van der Waals surface area contributed by atoms with Crippen LogP contribution < -0.4 is 5.32 Å². The van der Waals surface area contributed by atoms with E-state index in [1.807, 2.05) is 11.7 Å². The van der Waals surface area contributed by atoms with E-state index in [0.29, 0.717) is 0 Å². The molecule has 4 nitrogen and oxygen atoms in total. The number of nitrogens with one attached hydrogen (secondary N) is 1. The van der Waals surface area contributed by atoms with Crippen LogP contribution in [0.3, 0.4) is 0 Å². The van der Waals surface area contributed by atoms with E-state index in [4.69, 9.17) is 4.74 Å². The highest BCUT2D eigenvalue weighted by Crippen LogP contribution is 2.22. The smallest absolute Gasteiger partial charge is 0.0794 e. The molecule has 0 fully saturated rings. The summed E-state index contributed by atoms with van der Waals surface area (Å²) in [6.07, 6.45) is 4.10. The molecule has 2 heterocycles. The molecular weight excluding hydrogens is 282 g/mol. The van der Waals surface area contributed by atoms with E-state index < -0.39 is 0 Å². The number of fused-ring (bicyclic) bond motifs is 1. The van der Waals surface area contributed by atoms with E-state index in [9.17, 15) is 0 Å². The Morgan fingerprint density at radius 3 is 3.10 bits per heavy atom. The van der Waals surface area contributed by atoms with E-state index in [-0.39, 0.29) is 0 Å². The Labute approximate surface area is 128 Å². The molecule has 0 aliphatic rings. The fourth-order valence-electron chi connectivity index (χ4n) is 2.50. The van der Waals surface area contributed by atoms with Gasteiger partial charge in [-0.1, -0.05) is 18.2 Å². The third-order valence-corrected chi connectivity index (χ3v) is 4.24. The fraction of sp³-hybridized carbons (Fsp3) is 0.312. The summed E-state index contributed by atoms with van der Waals surface area (Å²) in [5.41, 5.74) is 4.50. The van der Waals surface area contributed by atoms with Crippen LogP contribution in [0, 0.1) is 0 Å². The van der Waals surface area contributed by atoms with Crippen LogP contribution in [0.25, 0.3) is 10.9 Å². The summed E-state index contributed by atoms with van der Waals surface area (Å²) in [5.74, 6) is 0. The van der Waals surface area contributed by atoms with Gasteiger partial charge in [0.2, 0.25) is 0 Å². The van der Waals surface area contributed by atoms with E-state index in [2.05, 4.69) is 45.3 Å². The Morgan fingerprint density at radius 2 is 2.29 bits per heavy atom. The van der Waals surface area contributed by atoms with Crippen LogP contribution in [0.2, 0.25) is 0 Å². The van der Waals surface area contributed by atoms with Gasteiger partial charge < -0.3 is 14.6 Å². The molecule has 5 heteroatoms. The lowest BCUT2D eigenvalue weighted by molar-refractivity contribution is 0.199. The van der Waals surface area contributed by atoms with Crippen molar-refractivity contribution in [3.05, 3.63) is 52.6 Å². The standard InChI is InChI=1S/C16H19N3OS/c1-20-8-6-17-9-14-4-2-3-13-5-7-19(16(13)14)11-15-10-18-12-21-15/h2-5,7,10,12,17H,6,8-9,11H2,1H3. The summed E-state index contributed by atoms with van der Waals surface area (Å²) < 4.78 is 7.37. The van der Waals surface area contributed by atoms with Crippen molar-refractivity contribution in [3.63, 3.8) is 0 Å². The topological polar surface area (TPSA) is 39.1 Å². The second-order valence-corrected chi connectivity index (χ2v) is 5.91. The highest BCUT2D eigenvalue weighted by atomic mass is 32.1. The van der Waals surface area contributed by atoms with Crippen molar-refractivity contribution in [1.29, 1.82) is 0 Å². The van der Waals surface area contributed by atoms with Gasteiger partial charge in [-0.15, -0.1) is 11.3 Å². The molecular formula is C16H19N3OS. The summed E-state index contributed by atoms with van der Waals surface area (Å²) >= 11 is 1.70. The number of methoxy groups -OCH3 is 1. The molecule has 0 aliphatic heterocycles. The predicted octanol–water partition coefficient (Wildman–Crippen LogP) is 2.88. The highest BCUT2D eigenvalue weighted by Gasteiger charge is 2.07. The van der Waals surface area contributed by atoms with Crippen LogP contribution in [0.5, 0.6) is 0 Å². The lowest BCUT2D eigenvalue weighted by Gasteiger charge is -2.10. The minimum atomic E-state index is 0.734. The van der Waals surface area contributed by atoms with Crippen molar-refractivity contribution in [1.82, 2.24) is 14.9 Å². The lowest BCUT2D eigenvalue weighted by Crippen LogP contribution is -2.19. The average Bonchev–Trinajstić information content (AvgIpc) is 3.15. The quantitative estimate of drug-likeness (QED) is 0.682. The molecule has 3 aromatic rings. The molecule has 0 saturated carbocycles. The van der Waals surface area contributed by atoms with Crippen molar-refractivity contribution in [2.24, 2.45) is 0 Å². The number of benzene rings is 1. The van der Waals surface area contributed by atoms with Gasteiger partial charge in [0, 0.05) is 37.5 Å². The number of para-hydroxylation sites is 1. The first-order valence-corrected chi connectivity index (χ1v) is 7.90. The second kappa shape index (κ2) is 6.85. The lowest BCUT2D eigenvalue weighted by atomic mass is 10.1. The molecule has 0 spiro atoms. The van der Waals surface area contributed by atoms with Crippen LogP contribution >= 0.6 is 11.3 Å². The Hall–Kier alpha value is -1.69. The molecule has 0 aliphatic carbocycles. The van der Waals surface area contributed by atoms with E-state index in [1.165, 1.54) is 21.3 Å². The summed E-state index contributed by atoms with van der Waals surface area (Å²) in [7, 11) is 1.72. The zero-order valence-electron chi connectivity index (χ0n) is 12.1. The SMILES string of the molecule is COCCNCc1cccc2ccn(Cc3cncs3)c12. The zero-order valence-corrected chi connectivity index (χ0v) is 12.9. The van der Waals surface area contributed by atoms with Gasteiger partial charge in [0.25, 0.3) is 0 Å². The second-order valence-electron chi connectivity index (χ2n) is 4.94. The minimum Gasteiger partial charge on any atom is -0.383 e. The van der Waals surface area contributed by atoms with Crippen molar-refractivity contribution in [3.8, 4) is 0 Å². The number of ether oxygens (including phenoxy) is 1. The van der Waals surface area contributed by atoms with Gasteiger partial charge in [-0.05, 0) is 17.0 Å². The Balaban J connectivity index is 1.84. The first-order valence-electron chi connectivity index (χ1n) is 7.02. The predicted molar refractivity (Wildman–Crippen MR) is 86.7 cm³/mol. The number of nitrogens with zero attached hydrogens (tertiary/aromatic N) is 2. The molecule has 0 unspecified atom stereocenters. The highest BCUT2D eigenvalue weighted by molar-refractivity contribution is 7.09. The average molecular weight is 301 g/mol. The molecule has 0 bridgehead atoms. The minimum absolute atomic E-state index is 0.734. The number of aromatic nitrogens is 2. The molecule has 0 amide bonds. The number of rotatable bonds is 7. The maximum Gasteiger partial charge on any atom is 0.0794 e. The molecule has 0 atom stereocenters. The molecule has 2 aromatic heterocycles. The molecule has 0 saturated heterocycles. The van der Waals surface area contributed by atoms with Gasteiger partial charge in [-0.2, -0.15) is 0 Å². The Morgan fingerprint density at radius 1 is 1.33 bits per heavy atom. The number of thiazole rings is 1. The van der Waals surface area contributed by atoms with Gasteiger partial charge in [0.05, 0.1) is 24.2 Å². The van der Waals surface area contributed by atoms with Gasteiger partial charge in [0.1, 0.15) is 0 Å². The van der Waals surface area contributed by atoms with Crippen molar-refractivity contribution in [2.75, 3.05) is 20.3 Å². The van der Waals surface area contributed by atoms with Crippen LogP contribution in [0.15, 0.2) is 42.2 Å². The van der Waals surface area contributed by atoms with Crippen LogP contribution in [0.4, 0.5) is 0 Å². The Bertz CT molecular complexity index is 691. The maximum absolute atomic E-state index is 5.07. The van der Waals surface area contributed by atoms with E-state index in [0.717, 1.165) is 26.2 Å². The van der Waals surface area contributed by atoms with Crippen molar-refractivity contribution in [2.45, 2.75) is 13.1 Å². The molecule has 21 heavy (non-hydrogen) atoms. The van der Waals surface area contributed by atoms with Gasteiger partial charge >= 0.3 is 0 Å². The first kappa shape index (κ1) is 14.3. The monoisotopic (exact) mass is 301 g/mol. The van der Waals surface area contributed by atoms with E-state index >= 15 is 0 Å². The molecule has 1 aromatic carbocycles. The maximum atomic E-state index is 5.07. The third-order valence-electron chi connectivity index (χ3n) is 3.48. The molecule has 3 rings (SSSR count). The van der Waals surface area contributed by atoms with Crippen LogP contribution in [0.1, 0.15) is 10.4 Å². The molecule has 1 N–H and O–H groups in total.